The van der Waals surface area contributed by atoms with Gasteiger partial charge in [0.15, 0.2) is 0 Å². The van der Waals surface area contributed by atoms with Crippen molar-refractivity contribution in [3.63, 3.8) is 0 Å². The normalized spacial score (nSPS) is 13.6. The number of carboxylic acid groups (broad SMARTS) is 1. The maximum atomic E-state index is 12.5. The summed E-state index contributed by atoms with van der Waals surface area (Å²) in [5, 5.41) is 12.7. The first-order valence-electron chi connectivity index (χ1n) is 12.5. The lowest BCUT2D eigenvalue weighted by molar-refractivity contribution is -0.178. The topological polar surface area (TPSA) is 162 Å². The van der Waals surface area contributed by atoms with E-state index in [4.69, 9.17) is 14.3 Å². The largest absolute Gasteiger partial charge is 0.489 e. The predicted octanol–water partition coefficient (Wildman–Crippen LogP) is 2.78. The molecule has 0 aliphatic carbocycles. The van der Waals surface area contributed by atoms with Crippen LogP contribution in [0, 0.1) is 0 Å². The van der Waals surface area contributed by atoms with Crippen molar-refractivity contribution in [2.75, 3.05) is 13.2 Å². The van der Waals surface area contributed by atoms with Crippen LogP contribution in [-0.2, 0) is 20.8 Å². The zero-order valence-corrected chi connectivity index (χ0v) is 22.2. The molecule has 0 saturated carbocycles. The number of nitrogens with zero attached hydrogens (tertiary/aromatic N) is 4. The van der Waals surface area contributed by atoms with Crippen LogP contribution in [0.1, 0.15) is 53.6 Å². The molecule has 1 aliphatic rings. The van der Waals surface area contributed by atoms with Gasteiger partial charge in [0.05, 0.1) is 23.0 Å². The van der Waals surface area contributed by atoms with Gasteiger partial charge in [0.1, 0.15) is 30.1 Å². The first-order chi connectivity index (χ1) is 19.0. The molecule has 13 heteroatoms. The lowest BCUT2D eigenvalue weighted by Crippen LogP contribution is -2.41. The third-order valence-corrected chi connectivity index (χ3v) is 5.57. The van der Waals surface area contributed by atoms with Crippen LogP contribution in [0.25, 0.3) is 5.82 Å². The lowest BCUT2D eigenvalue weighted by atomic mass is 10.1. The highest BCUT2D eigenvalue weighted by Crippen LogP contribution is 2.24. The van der Waals surface area contributed by atoms with E-state index in [2.05, 4.69) is 15.3 Å². The number of carbonyl (C=O) groups is 4. The van der Waals surface area contributed by atoms with Crippen molar-refractivity contribution in [1.29, 1.82) is 0 Å². The minimum atomic E-state index is -1.62. The van der Waals surface area contributed by atoms with Crippen molar-refractivity contribution in [2.45, 2.75) is 45.3 Å². The van der Waals surface area contributed by atoms with E-state index in [1.807, 2.05) is 6.20 Å². The first-order valence-corrected chi connectivity index (χ1v) is 12.5. The Labute approximate surface area is 229 Å². The molecule has 0 radical (unpaired) electrons. The Bertz CT molecular complexity index is 1360. The molecule has 0 spiro atoms. The van der Waals surface area contributed by atoms with Crippen LogP contribution < -0.4 is 10.1 Å². The second-order valence-corrected chi connectivity index (χ2v) is 9.85. The molecule has 0 fully saturated rings. The number of carbonyl (C=O) groups excluding carboxylic acids is 3. The number of ether oxygens (including phenoxy) is 2. The van der Waals surface area contributed by atoms with Crippen molar-refractivity contribution >= 4 is 23.9 Å². The van der Waals surface area contributed by atoms with Crippen molar-refractivity contribution in [1.82, 2.24) is 24.9 Å². The molecule has 1 aliphatic heterocycles. The number of imide groups is 1. The Morgan fingerprint density at radius 2 is 1.75 bits per heavy atom. The number of pyridine rings is 1. The Morgan fingerprint density at radius 3 is 2.35 bits per heavy atom. The third-order valence-electron chi connectivity index (χ3n) is 5.57. The molecular formula is C27H29N5O8. The fourth-order valence-corrected chi connectivity index (χ4v) is 3.71. The summed E-state index contributed by atoms with van der Waals surface area (Å²) in [5.74, 6) is -2.08. The molecule has 1 aromatic carbocycles. The Hall–Kier alpha value is -4.78. The fraction of sp³-hybridized carbons (Fsp3) is 0.333. The van der Waals surface area contributed by atoms with Gasteiger partial charge in [-0.25, -0.2) is 24.4 Å². The van der Waals surface area contributed by atoms with E-state index in [1.54, 1.807) is 55.9 Å². The summed E-state index contributed by atoms with van der Waals surface area (Å²) in [7, 11) is 0. The van der Waals surface area contributed by atoms with E-state index in [-0.39, 0.29) is 16.9 Å². The molecule has 0 bridgehead atoms. The van der Waals surface area contributed by atoms with Crippen LogP contribution in [-0.4, -0.2) is 73.4 Å². The minimum absolute atomic E-state index is 0.137. The Morgan fingerprint density at radius 1 is 1.05 bits per heavy atom. The summed E-state index contributed by atoms with van der Waals surface area (Å²) in [5.41, 5.74) is 0.530. The smallest absolute Gasteiger partial charge is 0.407 e. The maximum Gasteiger partial charge on any atom is 0.407 e. The van der Waals surface area contributed by atoms with Crippen molar-refractivity contribution < 1.29 is 38.6 Å². The number of aryl methyl sites for hydroxylation is 1. The molecule has 1 atom stereocenters. The van der Waals surface area contributed by atoms with Crippen molar-refractivity contribution in [3.05, 3.63) is 71.9 Å². The number of rotatable bonds is 11. The van der Waals surface area contributed by atoms with Crippen LogP contribution in [0.4, 0.5) is 4.79 Å². The van der Waals surface area contributed by atoms with Gasteiger partial charge in [0.25, 0.3) is 11.8 Å². The number of aromatic nitrogens is 3. The van der Waals surface area contributed by atoms with Gasteiger partial charge in [0.2, 0.25) is 6.10 Å². The average Bonchev–Trinajstić information content (AvgIpc) is 3.47. The minimum Gasteiger partial charge on any atom is -0.489 e. The summed E-state index contributed by atoms with van der Waals surface area (Å²) < 4.78 is 12.4. The number of hydrogen-bond acceptors (Lipinski definition) is 9. The van der Waals surface area contributed by atoms with Gasteiger partial charge in [0, 0.05) is 12.7 Å². The van der Waals surface area contributed by atoms with Crippen LogP contribution in [0.5, 0.6) is 5.75 Å². The van der Waals surface area contributed by atoms with E-state index in [0.717, 1.165) is 5.69 Å². The number of benzene rings is 1. The molecule has 13 nitrogen and oxygen atoms in total. The van der Waals surface area contributed by atoms with E-state index < -0.39 is 42.2 Å². The highest BCUT2D eigenvalue weighted by atomic mass is 16.7. The summed E-state index contributed by atoms with van der Waals surface area (Å²) >= 11 is 0. The molecule has 210 valence electrons. The maximum absolute atomic E-state index is 12.5. The quantitative estimate of drug-likeness (QED) is 0.268. The number of amides is 3. The van der Waals surface area contributed by atoms with Gasteiger partial charge in [-0.1, -0.05) is 12.1 Å². The van der Waals surface area contributed by atoms with Gasteiger partial charge in [-0.15, -0.1) is 5.06 Å². The van der Waals surface area contributed by atoms with E-state index >= 15 is 0 Å². The van der Waals surface area contributed by atoms with E-state index in [9.17, 15) is 24.3 Å². The number of carboxylic acids is 1. The van der Waals surface area contributed by atoms with Gasteiger partial charge >= 0.3 is 12.1 Å². The number of nitrogens with one attached hydrogen (secondary N) is 1. The van der Waals surface area contributed by atoms with Crippen molar-refractivity contribution in [2.24, 2.45) is 0 Å². The molecular weight excluding hydrogens is 522 g/mol. The Kier molecular flexibility index (Phi) is 8.43. The lowest BCUT2D eigenvalue weighted by Gasteiger charge is -2.19. The van der Waals surface area contributed by atoms with E-state index in [0.29, 0.717) is 30.3 Å². The number of alkyl carbamates (subject to hydrolysis) is 1. The molecule has 2 aromatic heterocycles. The molecule has 0 saturated heterocycles. The summed E-state index contributed by atoms with van der Waals surface area (Å²) in [6.07, 6.45) is 4.04. The molecule has 2 N–H and O–H groups in total. The van der Waals surface area contributed by atoms with Crippen LogP contribution >= 0.6 is 0 Å². The highest BCUT2D eigenvalue weighted by Gasteiger charge is 2.39. The molecule has 40 heavy (non-hydrogen) atoms. The second kappa shape index (κ2) is 11.9. The van der Waals surface area contributed by atoms with Crippen LogP contribution in [0.2, 0.25) is 0 Å². The zero-order valence-electron chi connectivity index (χ0n) is 22.2. The fourth-order valence-electron chi connectivity index (χ4n) is 3.71. The van der Waals surface area contributed by atoms with Gasteiger partial charge in [-0.3, -0.25) is 14.2 Å². The third kappa shape index (κ3) is 6.99. The highest BCUT2D eigenvalue weighted by molar-refractivity contribution is 6.20. The molecule has 0 unspecified atom stereocenters. The summed E-state index contributed by atoms with van der Waals surface area (Å²) in [6, 6.07) is 9.37. The SMILES string of the molecule is CC(C)(C)OC(=O)NCCCc1cn(-c2ccc(OC[C@H](ON3C(=O)c4ccccc4C3=O)C(=O)O)cn2)cn1. The van der Waals surface area contributed by atoms with Crippen molar-refractivity contribution in [3.8, 4) is 11.6 Å². The van der Waals surface area contributed by atoms with Crippen LogP contribution in [0.3, 0.4) is 0 Å². The molecule has 3 amide bonds. The predicted molar refractivity (Wildman–Crippen MR) is 139 cm³/mol. The van der Waals surface area contributed by atoms with Crippen LogP contribution in [0.15, 0.2) is 55.1 Å². The van der Waals surface area contributed by atoms with Gasteiger partial charge in [-0.05, 0) is 57.9 Å². The number of imidazole rings is 1. The molecule has 3 heterocycles. The zero-order chi connectivity index (χ0) is 28.9. The molecule has 3 aromatic rings. The number of hydrogen-bond donors (Lipinski definition) is 2. The molecule has 4 rings (SSSR count). The number of hydroxylamine groups is 2. The summed E-state index contributed by atoms with van der Waals surface area (Å²) in [6.45, 7) is 5.37. The van der Waals surface area contributed by atoms with Gasteiger partial charge in [-0.2, -0.15) is 0 Å². The summed E-state index contributed by atoms with van der Waals surface area (Å²) in [4.78, 5) is 62.2. The first kappa shape index (κ1) is 28.2. The van der Waals surface area contributed by atoms with E-state index in [1.165, 1.54) is 18.3 Å². The number of aliphatic carboxylic acids is 1. The monoisotopic (exact) mass is 551 g/mol. The van der Waals surface area contributed by atoms with Gasteiger partial charge < -0.3 is 19.9 Å². The number of fused-ring (bicyclic) bond motifs is 1. The second-order valence-electron chi connectivity index (χ2n) is 9.85. The standard InChI is InChI=1S/C27H29N5O8/c1-27(2,3)39-26(37)28-12-6-7-17-14-31(16-30-17)22-11-10-18(13-29-22)38-15-21(25(35)36)40-32-23(33)19-8-4-5-9-20(19)24(32)34/h4-5,8-11,13-14,16,21H,6-7,12,15H2,1-3H3,(H,28,37)(H,35,36)/t21-/m0/s1. The average molecular weight is 552 g/mol. The Balaban J connectivity index is 1.27.